The lowest BCUT2D eigenvalue weighted by Gasteiger charge is -2.35. The molecule has 4 heterocycles. The van der Waals surface area contributed by atoms with Crippen molar-refractivity contribution in [2.24, 2.45) is 0 Å². The monoisotopic (exact) mass is 393 g/mol. The number of hydrogen-bond acceptors (Lipinski definition) is 5. The predicted octanol–water partition coefficient (Wildman–Crippen LogP) is 4.70. The van der Waals surface area contributed by atoms with E-state index in [0.717, 1.165) is 11.3 Å². The van der Waals surface area contributed by atoms with Gasteiger partial charge in [0.2, 0.25) is 0 Å². The van der Waals surface area contributed by atoms with Crippen molar-refractivity contribution in [1.29, 1.82) is 0 Å². The van der Waals surface area contributed by atoms with Gasteiger partial charge in [-0.2, -0.15) is 0 Å². The number of carbonyl (C=O) groups excluding carboxylic acids is 1. The summed E-state index contributed by atoms with van der Waals surface area (Å²) < 4.78 is 5.81. The molecular formula is C21H15NO3S2. The van der Waals surface area contributed by atoms with Crippen molar-refractivity contribution >= 4 is 39.5 Å². The summed E-state index contributed by atoms with van der Waals surface area (Å²) in [6.45, 7) is 0.603. The number of benzene rings is 1. The van der Waals surface area contributed by atoms with Crippen LogP contribution < -0.4 is 5.43 Å². The standard InChI is InChI=1S/C21H15NO3S2/c23-15-12-17(25-16-5-2-1-4-13(15)16)21(24)22-9-7-18-14(8-11-27-18)20(22)19-6-3-10-26-19/h1-6,8,10-12,20H,7,9H2. The maximum atomic E-state index is 13.3. The lowest BCUT2D eigenvalue weighted by Crippen LogP contribution is -2.40. The zero-order valence-corrected chi connectivity index (χ0v) is 15.9. The highest BCUT2D eigenvalue weighted by Crippen LogP contribution is 2.40. The summed E-state index contributed by atoms with van der Waals surface area (Å²) in [5, 5.41) is 4.59. The lowest BCUT2D eigenvalue weighted by molar-refractivity contribution is 0.0666. The highest BCUT2D eigenvalue weighted by molar-refractivity contribution is 7.10. The molecule has 0 radical (unpaired) electrons. The summed E-state index contributed by atoms with van der Waals surface area (Å²) in [7, 11) is 0. The first-order valence-corrected chi connectivity index (χ1v) is 10.4. The van der Waals surface area contributed by atoms with Crippen LogP contribution in [0.15, 0.2) is 68.5 Å². The molecule has 1 atom stereocenters. The van der Waals surface area contributed by atoms with Gasteiger partial charge in [-0.1, -0.05) is 18.2 Å². The molecule has 1 aliphatic rings. The van der Waals surface area contributed by atoms with E-state index in [0.29, 0.717) is 17.5 Å². The smallest absolute Gasteiger partial charge is 0.290 e. The SMILES string of the molecule is O=C(c1cc(=O)c2ccccc2o1)N1CCc2sccc2C1c1cccs1. The topological polar surface area (TPSA) is 50.5 Å². The molecule has 0 fully saturated rings. The molecule has 6 heteroatoms. The van der Waals surface area contributed by atoms with Crippen molar-refractivity contribution in [2.75, 3.05) is 6.54 Å². The number of para-hydroxylation sites is 1. The minimum Gasteiger partial charge on any atom is -0.451 e. The molecule has 4 nitrogen and oxygen atoms in total. The van der Waals surface area contributed by atoms with Gasteiger partial charge in [0.1, 0.15) is 5.58 Å². The Hall–Kier alpha value is -2.70. The summed E-state index contributed by atoms with van der Waals surface area (Å²) in [5.41, 5.74) is 1.42. The molecule has 5 rings (SSSR count). The molecule has 0 saturated carbocycles. The number of thiophene rings is 2. The fraction of sp³-hybridized carbons (Fsp3) is 0.143. The number of hydrogen-bond donors (Lipinski definition) is 0. The Kier molecular flexibility index (Phi) is 3.95. The molecule has 4 aromatic rings. The quantitative estimate of drug-likeness (QED) is 0.496. The first-order chi connectivity index (χ1) is 13.2. The van der Waals surface area contributed by atoms with Gasteiger partial charge < -0.3 is 9.32 Å². The van der Waals surface area contributed by atoms with Gasteiger partial charge in [0.25, 0.3) is 5.91 Å². The molecular weight excluding hydrogens is 378 g/mol. The minimum absolute atomic E-state index is 0.0962. The van der Waals surface area contributed by atoms with Crippen molar-refractivity contribution in [3.05, 3.63) is 90.6 Å². The number of carbonyl (C=O) groups is 1. The number of amides is 1. The van der Waals surface area contributed by atoms with E-state index in [1.54, 1.807) is 46.9 Å². The summed E-state index contributed by atoms with van der Waals surface area (Å²) >= 11 is 3.37. The second kappa shape index (κ2) is 6.48. The Morgan fingerprint density at radius 2 is 1.96 bits per heavy atom. The molecule has 3 aromatic heterocycles. The first kappa shape index (κ1) is 16.5. The molecule has 0 spiro atoms. The lowest BCUT2D eigenvalue weighted by atomic mass is 9.98. The van der Waals surface area contributed by atoms with Crippen molar-refractivity contribution in [2.45, 2.75) is 12.5 Å². The molecule has 0 aliphatic carbocycles. The molecule has 0 N–H and O–H groups in total. The van der Waals surface area contributed by atoms with Crippen LogP contribution in [0.4, 0.5) is 0 Å². The third-order valence-corrected chi connectivity index (χ3v) is 6.81. The maximum absolute atomic E-state index is 13.3. The van der Waals surface area contributed by atoms with Crippen molar-refractivity contribution in [3.63, 3.8) is 0 Å². The van der Waals surface area contributed by atoms with Crippen molar-refractivity contribution < 1.29 is 9.21 Å². The molecule has 0 bridgehead atoms. The highest BCUT2D eigenvalue weighted by Gasteiger charge is 2.35. The highest BCUT2D eigenvalue weighted by atomic mass is 32.1. The predicted molar refractivity (Wildman–Crippen MR) is 108 cm³/mol. The van der Waals surface area contributed by atoms with E-state index in [4.69, 9.17) is 4.42 Å². The Morgan fingerprint density at radius 1 is 1.07 bits per heavy atom. The van der Waals surface area contributed by atoms with Crippen molar-refractivity contribution in [3.8, 4) is 0 Å². The average Bonchev–Trinajstić information content (AvgIpc) is 3.38. The Labute approximate surface area is 163 Å². The molecule has 134 valence electrons. The van der Waals surface area contributed by atoms with E-state index < -0.39 is 0 Å². The summed E-state index contributed by atoms with van der Waals surface area (Å²) in [5.74, 6) is -0.146. The molecule has 1 aliphatic heterocycles. The van der Waals surface area contributed by atoms with E-state index in [1.165, 1.54) is 16.5 Å². The maximum Gasteiger partial charge on any atom is 0.290 e. The van der Waals surface area contributed by atoms with Gasteiger partial charge in [-0.05, 0) is 47.0 Å². The zero-order chi connectivity index (χ0) is 18.4. The Bertz CT molecular complexity index is 1190. The number of nitrogens with zero attached hydrogens (tertiary/aromatic N) is 1. The molecule has 0 saturated heterocycles. The van der Waals surface area contributed by atoms with Crippen LogP contribution in [-0.2, 0) is 6.42 Å². The van der Waals surface area contributed by atoms with Gasteiger partial charge in [-0.25, -0.2) is 0 Å². The molecule has 1 aromatic carbocycles. The number of rotatable bonds is 2. The second-order valence-electron chi connectivity index (χ2n) is 6.44. The van der Waals surface area contributed by atoms with E-state index >= 15 is 0 Å². The molecule has 27 heavy (non-hydrogen) atoms. The average molecular weight is 393 g/mol. The fourth-order valence-electron chi connectivity index (χ4n) is 3.64. The van der Waals surface area contributed by atoms with Gasteiger partial charge >= 0.3 is 0 Å². The van der Waals surface area contributed by atoms with Gasteiger partial charge in [0.15, 0.2) is 11.2 Å². The minimum atomic E-state index is -0.242. The Balaban J connectivity index is 1.61. The van der Waals surface area contributed by atoms with Crippen molar-refractivity contribution in [1.82, 2.24) is 4.90 Å². The largest absolute Gasteiger partial charge is 0.451 e. The van der Waals surface area contributed by atoms with E-state index in [-0.39, 0.29) is 23.1 Å². The van der Waals surface area contributed by atoms with Crippen LogP contribution in [0.1, 0.15) is 31.9 Å². The summed E-state index contributed by atoms with van der Waals surface area (Å²) in [6, 6.07) is 14.4. The zero-order valence-electron chi connectivity index (χ0n) is 14.3. The van der Waals surface area contributed by atoms with Gasteiger partial charge in [0, 0.05) is 22.4 Å². The van der Waals surface area contributed by atoms with Crippen LogP contribution in [0.25, 0.3) is 11.0 Å². The third-order valence-electron chi connectivity index (χ3n) is 4.88. The van der Waals surface area contributed by atoms with E-state index in [2.05, 4.69) is 17.5 Å². The van der Waals surface area contributed by atoms with Crippen LogP contribution in [0, 0.1) is 0 Å². The first-order valence-electron chi connectivity index (χ1n) is 8.66. The van der Waals surface area contributed by atoms with Crippen LogP contribution >= 0.6 is 22.7 Å². The Morgan fingerprint density at radius 3 is 2.81 bits per heavy atom. The molecule has 1 unspecified atom stereocenters. The van der Waals surface area contributed by atoms with Crippen LogP contribution in [-0.4, -0.2) is 17.4 Å². The summed E-state index contributed by atoms with van der Waals surface area (Å²) in [4.78, 5) is 30.0. The van der Waals surface area contributed by atoms with Crippen LogP contribution in [0.5, 0.6) is 0 Å². The normalized spacial score (nSPS) is 16.4. The van der Waals surface area contributed by atoms with Gasteiger partial charge in [-0.15, -0.1) is 22.7 Å². The second-order valence-corrected chi connectivity index (χ2v) is 8.42. The number of fused-ring (bicyclic) bond motifs is 2. The third kappa shape index (κ3) is 2.72. The van der Waals surface area contributed by atoms with Crippen LogP contribution in [0.2, 0.25) is 0 Å². The van der Waals surface area contributed by atoms with E-state index in [1.807, 2.05) is 16.3 Å². The van der Waals surface area contributed by atoms with E-state index in [9.17, 15) is 9.59 Å². The summed E-state index contributed by atoms with van der Waals surface area (Å²) in [6.07, 6.45) is 0.818. The van der Waals surface area contributed by atoms with Crippen LogP contribution in [0.3, 0.4) is 0 Å². The molecule has 1 amide bonds. The fourth-order valence-corrected chi connectivity index (χ4v) is 5.40. The van der Waals surface area contributed by atoms with Gasteiger partial charge in [-0.3, -0.25) is 9.59 Å². The van der Waals surface area contributed by atoms with Gasteiger partial charge in [0.05, 0.1) is 11.4 Å².